The second-order valence-electron chi connectivity index (χ2n) is 3.49. The van der Waals surface area contributed by atoms with Gasteiger partial charge < -0.3 is 4.42 Å². The number of oxazole rings is 1. The van der Waals surface area contributed by atoms with Gasteiger partial charge in [0.1, 0.15) is 0 Å². The Hall–Kier alpha value is -1.64. The van der Waals surface area contributed by atoms with Crippen molar-refractivity contribution < 1.29 is 4.42 Å². The molecular formula is C13H18N2O. The monoisotopic (exact) mass is 218 g/mol. The highest BCUT2D eigenvalue weighted by molar-refractivity contribution is 5.56. The van der Waals surface area contributed by atoms with Crippen molar-refractivity contribution in [1.82, 2.24) is 9.97 Å². The number of pyridine rings is 1. The fourth-order valence-electron chi connectivity index (χ4n) is 1.28. The van der Waals surface area contributed by atoms with Crippen LogP contribution in [0.4, 0.5) is 0 Å². The number of aromatic nitrogens is 2. The molecule has 0 bridgehead atoms. The molecule has 0 unspecified atom stereocenters. The Bertz CT molecular complexity index is 408. The van der Waals surface area contributed by atoms with E-state index in [1.807, 2.05) is 26.0 Å². The second-order valence-corrected chi connectivity index (χ2v) is 3.49. The summed E-state index contributed by atoms with van der Waals surface area (Å²) in [4.78, 5) is 8.17. The van der Waals surface area contributed by atoms with E-state index in [1.165, 1.54) is 6.39 Å². The third-order valence-electron chi connectivity index (χ3n) is 2.09. The van der Waals surface area contributed by atoms with E-state index < -0.39 is 0 Å². The van der Waals surface area contributed by atoms with Gasteiger partial charge in [-0.3, -0.25) is 4.98 Å². The minimum absolute atomic E-state index is 0.429. The van der Waals surface area contributed by atoms with Crippen LogP contribution in [0.5, 0.6) is 0 Å². The first-order chi connectivity index (χ1) is 7.77. The average Bonchev–Trinajstić information content (AvgIpc) is 2.85. The normalized spacial score (nSPS) is 9.81. The van der Waals surface area contributed by atoms with Crippen LogP contribution in [0.3, 0.4) is 0 Å². The van der Waals surface area contributed by atoms with Gasteiger partial charge in [-0.05, 0) is 18.1 Å². The van der Waals surface area contributed by atoms with Crippen molar-refractivity contribution in [2.45, 2.75) is 33.6 Å². The van der Waals surface area contributed by atoms with Gasteiger partial charge in [-0.2, -0.15) is 0 Å². The van der Waals surface area contributed by atoms with Crippen LogP contribution < -0.4 is 0 Å². The molecule has 2 aromatic heterocycles. The highest BCUT2D eigenvalue weighted by Gasteiger charge is 2.05. The summed E-state index contributed by atoms with van der Waals surface area (Å²) in [6.07, 6.45) is 4.94. The smallest absolute Gasteiger partial charge is 0.181 e. The lowest BCUT2D eigenvalue weighted by Crippen LogP contribution is -1.91. The minimum Gasteiger partial charge on any atom is -0.444 e. The predicted molar refractivity (Wildman–Crippen MR) is 65.2 cm³/mol. The van der Waals surface area contributed by atoms with E-state index in [4.69, 9.17) is 4.42 Å². The summed E-state index contributed by atoms with van der Waals surface area (Å²) in [5.74, 6) is 1.21. The third kappa shape index (κ3) is 2.92. The summed E-state index contributed by atoms with van der Waals surface area (Å²) in [6.45, 7) is 8.24. The van der Waals surface area contributed by atoms with E-state index in [2.05, 4.69) is 23.8 Å². The largest absolute Gasteiger partial charge is 0.444 e. The molecule has 2 rings (SSSR count). The fraction of sp³-hybridized carbons (Fsp3) is 0.385. The summed E-state index contributed by atoms with van der Waals surface area (Å²) < 4.78 is 5.22. The van der Waals surface area contributed by atoms with Gasteiger partial charge in [0.2, 0.25) is 0 Å². The van der Waals surface area contributed by atoms with Crippen LogP contribution in [-0.4, -0.2) is 9.97 Å². The number of nitrogens with zero attached hydrogens (tertiary/aromatic N) is 2. The first-order valence-corrected chi connectivity index (χ1v) is 5.62. The molecule has 2 heterocycles. The van der Waals surface area contributed by atoms with Crippen LogP contribution >= 0.6 is 0 Å². The Morgan fingerprint density at radius 3 is 2.56 bits per heavy atom. The fourth-order valence-corrected chi connectivity index (χ4v) is 1.28. The molecule has 2 aromatic rings. The van der Waals surface area contributed by atoms with Gasteiger partial charge in [-0.15, -0.1) is 0 Å². The SMILES string of the molecule is CC.CC(C)c1cc(-c2cnco2)ccn1. The minimum atomic E-state index is 0.429. The van der Waals surface area contributed by atoms with Gasteiger partial charge in [0.15, 0.2) is 12.2 Å². The molecule has 0 fully saturated rings. The molecule has 0 aliphatic carbocycles. The Balaban J connectivity index is 0.000000606. The van der Waals surface area contributed by atoms with Gasteiger partial charge in [0.05, 0.1) is 6.20 Å². The van der Waals surface area contributed by atoms with Crippen LogP contribution in [0.1, 0.15) is 39.3 Å². The van der Waals surface area contributed by atoms with Crippen molar-refractivity contribution in [3.05, 3.63) is 36.6 Å². The molecule has 0 saturated carbocycles. The molecule has 0 aromatic carbocycles. The lowest BCUT2D eigenvalue weighted by molar-refractivity contribution is 0.571. The molecule has 16 heavy (non-hydrogen) atoms. The maximum Gasteiger partial charge on any atom is 0.181 e. The van der Waals surface area contributed by atoms with Crippen LogP contribution in [0.25, 0.3) is 11.3 Å². The topological polar surface area (TPSA) is 38.9 Å². The van der Waals surface area contributed by atoms with Crippen molar-refractivity contribution in [3.8, 4) is 11.3 Å². The van der Waals surface area contributed by atoms with E-state index >= 15 is 0 Å². The molecule has 0 saturated heterocycles. The average molecular weight is 218 g/mol. The van der Waals surface area contributed by atoms with Crippen LogP contribution in [0, 0.1) is 0 Å². The maximum atomic E-state index is 5.22. The molecule has 0 N–H and O–H groups in total. The second kappa shape index (κ2) is 6.05. The lowest BCUT2D eigenvalue weighted by Gasteiger charge is -2.04. The molecule has 0 radical (unpaired) electrons. The zero-order valence-electron chi connectivity index (χ0n) is 10.3. The van der Waals surface area contributed by atoms with Crippen molar-refractivity contribution in [3.63, 3.8) is 0 Å². The van der Waals surface area contributed by atoms with Gasteiger partial charge in [-0.25, -0.2) is 4.98 Å². The predicted octanol–water partition coefficient (Wildman–Crippen LogP) is 3.89. The van der Waals surface area contributed by atoms with Crippen molar-refractivity contribution >= 4 is 0 Å². The van der Waals surface area contributed by atoms with Gasteiger partial charge in [0, 0.05) is 17.5 Å². The summed E-state index contributed by atoms with van der Waals surface area (Å²) in [7, 11) is 0. The number of hydrogen-bond acceptors (Lipinski definition) is 3. The molecular weight excluding hydrogens is 200 g/mol. The highest BCUT2D eigenvalue weighted by atomic mass is 16.3. The Kier molecular flexibility index (Phi) is 4.70. The van der Waals surface area contributed by atoms with E-state index in [1.54, 1.807) is 12.4 Å². The first kappa shape index (κ1) is 12.4. The first-order valence-electron chi connectivity index (χ1n) is 5.62. The Morgan fingerprint density at radius 2 is 2.00 bits per heavy atom. The zero-order chi connectivity index (χ0) is 12.0. The highest BCUT2D eigenvalue weighted by Crippen LogP contribution is 2.21. The summed E-state index contributed by atoms with van der Waals surface area (Å²) in [5.41, 5.74) is 2.10. The summed E-state index contributed by atoms with van der Waals surface area (Å²) in [6, 6.07) is 3.96. The van der Waals surface area contributed by atoms with Crippen molar-refractivity contribution in [2.75, 3.05) is 0 Å². The van der Waals surface area contributed by atoms with Crippen LogP contribution in [0.15, 0.2) is 35.3 Å². The van der Waals surface area contributed by atoms with E-state index in [0.717, 1.165) is 17.0 Å². The van der Waals surface area contributed by atoms with Crippen LogP contribution in [0.2, 0.25) is 0 Å². The molecule has 0 aliphatic heterocycles. The molecule has 0 spiro atoms. The zero-order valence-corrected chi connectivity index (χ0v) is 10.3. The van der Waals surface area contributed by atoms with Gasteiger partial charge in [-0.1, -0.05) is 27.7 Å². The quantitative estimate of drug-likeness (QED) is 0.767. The van der Waals surface area contributed by atoms with Gasteiger partial charge in [0.25, 0.3) is 0 Å². The molecule has 0 amide bonds. The number of hydrogen-bond donors (Lipinski definition) is 0. The number of rotatable bonds is 2. The maximum absolute atomic E-state index is 5.22. The van der Waals surface area contributed by atoms with Crippen molar-refractivity contribution in [1.29, 1.82) is 0 Å². The molecule has 86 valence electrons. The third-order valence-corrected chi connectivity index (χ3v) is 2.09. The van der Waals surface area contributed by atoms with E-state index in [9.17, 15) is 0 Å². The summed E-state index contributed by atoms with van der Waals surface area (Å²) in [5, 5.41) is 0. The molecule has 0 atom stereocenters. The van der Waals surface area contributed by atoms with Crippen LogP contribution in [-0.2, 0) is 0 Å². The molecule has 0 aliphatic rings. The van der Waals surface area contributed by atoms with Crippen molar-refractivity contribution in [2.24, 2.45) is 0 Å². The standard InChI is InChI=1S/C11H12N2O.C2H6/c1-8(2)10-5-9(3-4-13-10)11-6-12-7-14-11;1-2/h3-8H,1-2H3;1-2H3. The Labute approximate surface area is 96.6 Å². The molecule has 3 heteroatoms. The van der Waals surface area contributed by atoms with E-state index in [0.29, 0.717) is 5.92 Å². The molecule has 3 nitrogen and oxygen atoms in total. The van der Waals surface area contributed by atoms with E-state index in [-0.39, 0.29) is 0 Å². The Morgan fingerprint density at radius 1 is 1.25 bits per heavy atom. The summed E-state index contributed by atoms with van der Waals surface area (Å²) >= 11 is 0. The lowest BCUT2D eigenvalue weighted by atomic mass is 10.1. The van der Waals surface area contributed by atoms with Gasteiger partial charge >= 0.3 is 0 Å².